The van der Waals surface area contributed by atoms with E-state index >= 15 is 0 Å². The van der Waals surface area contributed by atoms with Gasteiger partial charge in [-0.1, -0.05) is 6.08 Å². The highest BCUT2D eigenvalue weighted by molar-refractivity contribution is 5.96. The minimum Gasteiger partial charge on any atom is -0.496 e. The molecule has 4 aliphatic rings. The van der Waals surface area contributed by atoms with Gasteiger partial charge in [0.15, 0.2) is 0 Å². The Hall–Kier alpha value is -4.19. The zero-order valence-corrected chi connectivity index (χ0v) is 26.5. The van der Waals surface area contributed by atoms with Gasteiger partial charge in [0, 0.05) is 37.5 Å². The zero-order valence-electron chi connectivity index (χ0n) is 26.5. The summed E-state index contributed by atoms with van der Waals surface area (Å²) in [5.74, 6) is 0.513. The number of rotatable bonds is 11. The highest BCUT2D eigenvalue weighted by Crippen LogP contribution is 2.53. The van der Waals surface area contributed by atoms with Crippen LogP contribution in [0.5, 0.6) is 17.2 Å². The number of hydrogen-bond donors (Lipinski definition) is 7. The van der Waals surface area contributed by atoms with Gasteiger partial charge in [0.2, 0.25) is 17.6 Å². The van der Waals surface area contributed by atoms with Crippen LogP contribution >= 0.6 is 0 Å². The molecule has 2 fully saturated rings. The van der Waals surface area contributed by atoms with Crippen LogP contribution < -0.4 is 40.8 Å². The maximum Gasteiger partial charge on any atom is 0.374 e. The van der Waals surface area contributed by atoms with Crippen LogP contribution in [0.1, 0.15) is 43.4 Å². The summed E-state index contributed by atoms with van der Waals surface area (Å²) >= 11 is 0. The number of aliphatic hydroxyl groups excluding tert-OH is 2. The Morgan fingerprint density at radius 2 is 2.13 bits per heavy atom. The second-order valence-electron chi connectivity index (χ2n) is 12.0. The van der Waals surface area contributed by atoms with E-state index in [0.717, 1.165) is 0 Å². The highest BCUT2D eigenvalue weighted by Gasteiger charge is 2.45. The van der Waals surface area contributed by atoms with E-state index in [-0.39, 0.29) is 43.6 Å². The van der Waals surface area contributed by atoms with E-state index in [4.69, 9.17) is 24.7 Å². The summed E-state index contributed by atoms with van der Waals surface area (Å²) in [5.41, 5.74) is 6.71. The molecule has 2 aromatic rings. The summed E-state index contributed by atoms with van der Waals surface area (Å²) < 4.78 is 25.5. The number of fused-ring (bicyclic) bond motifs is 3. The molecule has 16 heteroatoms. The van der Waals surface area contributed by atoms with Gasteiger partial charge in [0.25, 0.3) is 0 Å². The smallest absolute Gasteiger partial charge is 0.374 e. The molecule has 5 unspecified atom stereocenters. The van der Waals surface area contributed by atoms with E-state index < -0.39 is 42.8 Å². The predicted octanol–water partition coefficient (Wildman–Crippen LogP) is -0.842. The number of nitrogens with one attached hydrogen (secondary N) is 3. The van der Waals surface area contributed by atoms with Gasteiger partial charge in [-0.05, 0) is 38.3 Å². The van der Waals surface area contributed by atoms with Crippen LogP contribution in [-0.4, -0.2) is 93.9 Å². The Kier molecular flexibility index (Phi) is 9.15. The largest absolute Gasteiger partial charge is 0.496 e. The molecule has 2 saturated heterocycles. The van der Waals surface area contributed by atoms with Crippen LogP contribution in [-0.2, 0) is 33.9 Å². The van der Waals surface area contributed by atoms with Gasteiger partial charge in [0.1, 0.15) is 41.8 Å². The number of hydrogen-bond acceptors (Lipinski definition) is 14. The third-order valence-electron chi connectivity index (χ3n) is 8.88. The summed E-state index contributed by atoms with van der Waals surface area (Å²) in [6, 6.07) is -0.519. The standard InChI is InChI=1S/C31H41N7O9/c1-4-45-28(42)19-12-16(6-9-37-10-8-33-30(37)38-15-34-22-26(38)35-29(32)36-27(22)41)21-24(44-3)17-13-20(31(2,43)7-5-11-39)47-23(17)18(14-40)25(21)46-19/h6,8,10,12,20,22,26,29,34-35,39-40,43H,4-5,7,9,11,13-15,32H2,1-3H3,(H,36,41). The molecular weight excluding hydrogens is 614 g/mol. The molecule has 1 aromatic heterocycles. The van der Waals surface area contributed by atoms with E-state index in [1.807, 2.05) is 15.5 Å². The molecule has 0 radical (unpaired) electrons. The first-order valence-electron chi connectivity index (χ1n) is 15.6. The normalized spacial score (nSPS) is 25.2. The molecule has 47 heavy (non-hydrogen) atoms. The number of imidazole rings is 1. The Bertz CT molecular complexity index is 1600. The lowest BCUT2D eigenvalue weighted by Gasteiger charge is -2.35. The average molecular weight is 656 g/mol. The summed E-state index contributed by atoms with van der Waals surface area (Å²) in [7, 11) is 1.51. The van der Waals surface area contributed by atoms with Gasteiger partial charge in [-0.25, -0.2) is 9.78 Å². The first-order valence-corrected chi connectivity index (χ1v) is 15.6. The molecule has 6 rings (SSSR count). The van der Waals surface area contributed by atoms with E-state index in [1.54, 1.807) is 32.3 Å². The van der Waals surface area contributed by atoms with E-state index in [0.29, 0.717) is 59.2 Å². The number of amides is 1. The number of anilines is 1. The van der Waals surface area contributed by atoms with Crippen molar-refractivity contribution >= 4 is 23.4 Å². The van der Waals surface area contributed by atoms with E-state index in [9.17, 15) is 24.9 Å². The van der Waals surface area contributed by atoms with Crippen molar-refractivity contribution in [3.8, 4) is 17.2 Å². The number of esters is 1. The summed E-state index contributed by atoms with van der Waals surface area (Å²) in [6.45, 7) is 3.54. The number of methoxy groups -OCH3 is 1. The zero-order chi connectivity index (χ0) is 33.5. The van der Waals surface area contributed by atoms with Crippen molar-refractivity contribution in [2.24, 2.45) is 5.73 Å². The van der Waals surface area contributed by atoms with Crippen molar-refractivity contribution in [3.05, 3.63) is 47.0 Å². The fraction of sp³-hybridized carbons (Fsp3) is 0.516. The molecule has 0 aliphatic carbocycles. The number of aromatic nitrogens is 2. The third-order valence-corrected chi connectivity index (χ3v) is 8.88. The minimum absolute atomic E-state index is 0.0762. The highest BCUT2D eigenvalue weighted by atomic mass is 16.6. The maximum absolute atomic E-state index is 13.0. The predicted molar refractivity (Wildman–Crippen MR) is 167 cm³/mol. The number of aliphatic hydroxyl groups is 3. The Balaban J connectivity index is 1.40. The molecule has 1 aromatic carbocycles. The van der Waals surface area contributed by atoms with Crippen LogP contribution in [0.4, 0.5) is 5.95 Å². The number of nitrogens with zero attached hydrogens (tertiary/aromatic N) is 3. The second-order valence-corrected chi connectivity index (χ2v) is 12.0. The van der Waals surface area contributed by atoms with Crippen molar-refractivity contribution in [1.82, 2.24) is 25.5 Å². The topological polar surface area (TPSA) is 215 Å². The van der Waals surface area contributed by atoms with Crippen LogP contribution in [0, 0.1) is 0 Å². The maximum atomic E-state index is 13.0. The quantitative estimate of drug-likeness (QED) is 0.147. The van der Waals surface area contributed by atoms with Crippen LogP contribution in [0.3, 0.4) is 0 Å². The van der Waals surface area contributed by atoms with E-state index in [2.05, 4.69) is 20.9 Å². The number of allylic oxidation sites excluding steroid dienone is 3. The minimum atomic E-state index is -1.28. The fourth-order valence-electron chi connectivity index (χ4n) is 6.57. The van der Waals surface area contributed by atoms with Gasteiger partial charge in [-0.3, -0.25) is 21.2 Å². The van der Waals surface area contributed by atoms with Crippen molar-refractivity contribution < 1.29 is 43.9 Å². The van der Waals surface area contributed by atoms with Crippen LogP contribution in [0.15, 0.2) is 30.3 Å². The number of carbonyl (C=O) groups excluding carboxylic acids is 2. The van der Waals surface area contributed by atoms with E-state index in [1.165, 1.54) is 7.11 Å². The molecule has 0 saturated carbocycles. The molecule has 5 atom stereocenters. The lowest BCUT2D eigenvalue weighted by atomic mass is 9.88. The molecule has 16 nitrogen and oxygen atoms in total. The average Bonchev–Trinajstić information content (AvgIpc) is 3.80. The first kappa shape index (κ1) is 32.7. The number of benzene rings is 1. The number of ether oxygens (including phenoxy) is 4. The molecule has 0 spiro atoms. The Morgan fingerprint density at radius 1 is 1.32 bits per heavy atom. The SMILES string of the molecule is CCOC(=O)C1=CC(=CCn2ccnc2N2CNC3C(=O)NC(N)NC32)c2c(OC)c3c(c(CO)c2O1)OC(C(C)(O)CCCO)C3. The molecule has 4 aliphatic heterocycles. The van der Waals surface area contributed by atoms with Gasteiger partial charge in [0.05, 0.1) is 43.7 Å². The molecule has 8 N–H and O–H groups in total. The van der Waals surface area contributed by atoms with Gasteiger partial charge >= 0.3 is 5.97 Å². The second kappa shape index (κ2) is 13.1. The molecular formula is C31H41N7O9. The monoisotopic (exact) mass is 655 g/mol. The van der Waals surface area contributed by atoms with Gasteiger partial charge < -0.3 is 49.1 Å². The lowest BCUT2D eigenvalue weighted by molar-refractivity contribution is -0.141. The van der Waals surface area contributed by atoms with Crippen LogP contribution in [0.2, 0.25) is 0 Å². The Labute approximate surface area is 271 Å². The van der Waals surface area contributed by atoms with Crippen LogP contribution in [0.25, 0.3) is 5.57 Å². The first-order chi connectivity index (χ1) is 22.6. The summed E-state index contributed by atoms with van der Waals surface area (Å²) in [6.07, 6.45) is 6.02. The van der Waals surface area contributed by atoms with Gasteiger partial charge in [-0.15, -0.1) is 0 Å². The molecule has 1 amide bonds. The third kappa shape index (κ3) is 5.92. The number of nitrogens with two attached hydrogens (primary N) is 1. The summed E-state index contributed by atoms with van der Waals surface area (Å²) in [5, 5.41) is 40.3. The van der Waals surface area contributed by atoms with Crippen molar-refractivity contribution in [1.29, 1.82) is 0 Å². The molecule has 0 bridgehead atoms. The fourth-order valence-corrected chi connectivity index (χ4v) is 6.57. The van der Waals surface area contributed by atoms with Crippen molar-refractivity contribution in [2.45, 2.75) is 76.5 Å². The lowest BCUT2D eigenvalue weighted by Crippen LogP contribution is -2.70. The molecule has 254 valence electrons. The summed E-state index contributed by atoms with van der Waals surface area (Å²) in [4.78, 5) is 31.9. The van der Waals surface area contributed by atoms with Gasteiger partial charge in [-0.2, -0.15) is 0 Å². The van der Waals surface area contributed by atoms with Crippen molar-refractivity contribution in [3.63, 3.8) is 0 Å². The van der Waals surface area contributed by atoms with Crippen molar-refractivity contribution in [2.75, 3.05) is 31.9 Å². The Morgan fingerprint density at radius 3 is 2.85 bits per heavy atom. The number of carbonyl (C=O) groups is 2. The molecule has 5 heterocycles.